The summed E-state index contributed by atoms with van der Waals surface area (Å²) < 4.78 is 1.02. The molecule has 0 spiro atoms. The Kier molecular flexibility index (Phi) is 5.92. The van der Waals surface area contributed by atoms with Gasteiger partial charge in [0.05, 0.1) is 0 Å². The fraction of sp³-hybridized carbons (Fsp3) is 0.615. The van der Waals surface area contributed by atoms with Crippen molar-refractivity contribution in [2.45, 2.75) is 40.3 Å². The molecule has 0 fully saturated rings. The zero-order valence-electron chi connectivity index (χ0n) is 11.0. The lowest BCUT2D eigenvalue weighted by Crippen LogP contribution is -2.23. The minimum Gasteiger partial charge on any atom is -0.370 e. The van der Waals surface area contributed by atoms with Crippen LogP contribution >= 0.6 is 15.9 Å². The second-order valence-electron chi connectivity index (χ2n) is 4.97. The normalized spacial score (nSPS) is 11.2. The number of pyridine rings is 1. The molecule has 0 aliphatic carbocycles. The number of halogens is 1. The summed E-state index contributed by atoms with van der Waals surface area (Å²) in [4.78, 5) is 4.43. The highest BCUT2D eigenvalue weighted by Crippen LogP contribution is 2.18. The Balaban J connectivity index is 2.72. The summed E-state index contributed by atoms with van der Waals surface area (Å²) in [6.07, 6.45) is 1.83. The van der Waals surface area contributed by atoms with Crippen molar-refractivity contribution >= 4 is 21.7 Å². The van der Waals surface area contributed by atoms with E-state index >= 15 is 0 Å². The van der Waals surface area contributed by atoms with Gasteiger partial charge < -0.3 is 10.6 Å². The average Bonchev–Trinajstić information content (AvgIpc) is 2.24. The molecular formula is C13H22BrN3. The van der Waals surface area contributed by atoms with Crippen LogP contribution in [0, 0.1) is 5.92 Å². The quantitative estimate of drug-likeness (QED) is 0.845. The van der Waals surface area contributed by atoms with E-state index < -0.39 is 0 Å². The SMILES string of the molecule is CC(C)CNc1ncc(Br)cc1CNC(C)C. The second-order valence-corrected chi connectivity index (χ2v) is 5.89. The van der Waals surface area contributed by atoms with Crippen molar-refractivity contribution in [3.8, 4) is 0 Å². The third-order valence-corrected chi connectivity index (χ3v) is 2.75. The van der Waals surface area contributed by atoms with Crippen LogP contribution in [-0.4, -0.2) is 17.6 Å². The van der Waals surface area contributed by atoms with Crippen LogP contribution in [0.3, 0.4) is 0 Å². The Bertz CT molecular complexity index is 351. The first kappa shape index (κ1) is 14.5. The lowest BCUT2D eigenvalue weighted by Gasteiger charge is -2.14. The van der Waals surface area contributed by atoms with Crippen molar-refractivity contribution in [3.63, 3.8) is 0 Å². The van der Waals surface area contributed by atoms with E-state index in [1.54, 1.807) is 0 Å². The van der Waals surface area contributed by atoms with Gasteiger partial charge in [-0.1, -0.05) is 27.7 Å². The van der Waals surface area contributed by atoms with Crippen molar-refractivity contribution in [1.29, 1.82) is 0 Å². The van der Waals surface area contributed by atoms with Gasteiger partial charge in [0, 0.05) is 35.4 Å². The minimum atomic E-state index is 0.479. The number of nitrogens with zero attached hydrogens (tertiary/aromatic N) is 1. The van der Waals surface area contributed by atoms with Gasteiger partial charge in [-0.2, -0.15) is 0 Å². The second kappa shape index (κ2) is 6.97. The Morgan fingerprint density at radius 2 is 2.00 bits per heavy atom. The van der Waals surface area contributed by atoms with Gasteiger partial charge in [0.25, 0.3) is 0 Å². The number of hydrogen-bond acceptors (Lipinski definition) is 3. The van der Waals surface area contributed by atoms with Crippen LogP contribution in [0.2, 0.25) is 0 Å². The van der Waals surface area contributed by atoms with Crippen LogP contribution in [0.1, 0.15) is 33.3 Å². The fourth-order valence-corrected chi connectivity index (χ4v) is 1.77. The zero-order chi connectivity index (χ0) is 12.8. The summed E-state index contributed by atoms with van der Waals surface area (Å²) in [6, 6.07) is 2.59. The van der Waals surface area contributed by atoms with Gasteiger partial charge >= 0.3 is 0 Å². The van der Waals surface area contributed by atoms with Gasteiger partial charge in [0.15, 0.2) is 0 Å². The summed E-state index contributed by atoms with van der Waals surface area (Å²) in [7, 11) is 0. The lowest BCUT2D eigenvalue weighted by atomic mass is 10.2. The van der Waals surface area contributed by atoms with E-state index in [2.05, 4.69) is 65.3 Å². The Morgan fingerprint density at radius 1 is 1.29 bits per heavy atom. The molecule has 4 heteroatoms. The topological polar surface area (TPSA) is 37.0 Å². The minimum absolute atomic E-state index is 0.479. The molecule has 0 aliphatic rings. The number of rotatable bonds is 6. The van der Waals surface area contributed by atoms with Crippen molar-refractivity contribution in [2.24, 2.45) is 5.92 Å². The molecule has 1 rings (SSSR count). The molecule has 0 amide bonds. The number of anilines is 1. The maximum atomic E-state index is 4.43. The monoisotopic (exact) mass is 299 g/mol. The number of nitrogens with one attached hydrogen (secondary N) is 2. The first-order valence-electron chi connectivity index (χ1n) is 6.10. The summed E-state index contributed by atoms with van der Waals surface area (Å²) in [6.45, 7) is 10.5. The number of hydrogen-bond donors (Lipinski definition) is 2. The first-order valence-corrected chi connectivity index (χ1v) is 6.90. The highest BCUT2D eigenvalue weighted by molar-refractivity contribution is 9.10. The van der Waals surface area contributed by atoms with E-state index in [1.807, 2.05) is 6.20 Å². The van der Waals surface area contributed by atoms with E-state index in [1.165, 1.54) is 5.56 Å². The molecule has 0 unspecified atom stereocenters. The molecule has 3 nitrogen and oxygen atoms in total. The van der Waals surface area contributed by atoms with Gasteiger partial charge in [-0.25, -0.2) is 4.98 Å². The predicted molar refractivity (Wildman–Crippen MR) is 77.2 cm³/mol. The van der Waals surface area contributed by atoms with Crippen LogP contribution < -0.4 is 10.6 Å². The molecule has 0 saturated heterocycles. The summed E-state index contributed by atoms with van der Waals surface area (Å²) in [5, 5.41) is 6.81. The van der Waals surface area contributed by atoms with Crippen LogP contribution in [-0.2, 0) is 6.54 Å². The lowest BCUT2D eigenvalue weighted by molar-refractivity contribution is 0.587. The largest absolute Gasteiger partial charge is 0.370 e. The van der Waals surface area contributed by atoms with Gasteiger partial charge in [-0.15, -0.1) is 0 Å². The van der Waals surface area contributed by atoms with E-state index in [-0.39, 0.29) is 0 Å². The molecule has 2 N–H and O–H groups in total. The summed E-state index contributed by atoms with van der Waals surface area (Å²) >= 11 is 3.47. The molecule has 0 radical (unpaired) electrons. The molecule has 0 atom stereocenters. The van der Waals surface area contributed by atoms with Gasteiger partial charge in [-0.3, -0.25) is 0 Å². The Labute approximate surface area is 113 Å². The molecule has 17 heavy (non-hydrogen) atoms. The van der Waals surface area contributed by atoms with Crippen LogP contribution in [0.5, 0.6) is 0 Å². The van der Waals surface area contributed by atoms with Crippen LogP contribution in [0.4, 0.5) is 5.82 Å². The van der Waals surface area contributed by atoms with Crippen molar-refractivity contribution < 1.29 is 0 Å². The maximum Gasteiger partial charge on any atom is 0.130 e. The first-order chi connectivity index (χ1) is 7.99. The maximum absolute atomic E-state index is 4.43. The van der Waals surface area contributed by atoms with Gasteiger partial charge in [0.2, 0.25) is 0 Å². The molecule has 0 saturated carbocycles. The molecule has 0 aliphatic heterocycles. The third-order valence-electron chi connectivity index (χ3n) is 2.31. The Hall–Kier alpha value is -0.610. The smallest absolute Gasteiger partial charge is 0.130 e. The van der Waals surface area contributed by atoms with Crippen molar-refractivity contribution in [2.75, 3.05) is 11.9 Å². The van der Waals surface area contributed by atoms with Crippen LogP contribution in [0.25, 0.3) is 0 Å². The van der Waals surface area contributed by atoms with E-state index in [0.29, 0.717) is 12.0 Å². The Morgan fingerprint density at radius 3 is 2.59 bits per heavy atom. The predicted octanol–water partition coefficient (Wildman–Crippen LogP) is 3.41. The summed E-state index contributed by atoms with van der Waals surface area (Å²) in [5.41, 5.74) is 1.20. The third kappa shape index (κ3) is 5.50. The van der Waals surface area contributed by atoms with E-state index in [4.69, 9.17) is 0 Å². The standard InChI is InChI=1S/C13H22BrN3/c1-9(2)6-16-13-11(7-15-10(3)4)5-12(14)8-17-13/h5,8-10,15H,6-7H2,1-4H3,(H,16,17). The number of aromatic nitrogens is 1. The van der Waals surface area contributed by atoms with Crippen molar-refractivity contribution in [1.82, 2.24) is 10.3 Å². The highest BCUT2D eigenvalue weighted by Gasteiger charge is 2.06. The van der Waals surface area contributed by atoms with E-state index in [9.17, 15) is 0 Å². The molecule has 0 aromatic carbocycles. The fourth-order valence-electron chi connectivity index (χ4n) is 1.39. The molecule has 1 heterocycles. The molecule has 1 aromatic heterocycles. The van der Waals surface area contributed by atoms with Crippen molar-refractivity contribution in [3.05, 3.63) is 22.3 Å². The average molecular weight is 300 g/mol. The van der Waals surface area contributed by atoms with E-state index in [0.717, 1.165) is 23.4 Å². The van der Waals surface area contributed by atoms with Gasteiger partial charge in [0.1, 0.15) is 5.82 Å². The summed E-state index contributed by atoms with van der Waals surface area (Å²) in [5.74, 6) is 1.60. The zero-order valence-corrected chi connectivity index (χ0v) is 12.6. The molecule has 1 aromatic rings. The molecular weight excluding hydrogens is 278 g/mol. The molecule has 96 valence electrons. The van der Waals surface area contributed by atoms with Crippen LogP contribution in [0.15, 0.2) is 16.7 Å². The molecule has 0 bridgehead atoms. The van der Waals surface area contributed by atoms with Gasteiger partial charge in [-0.05, 0) is 27.9 Å². The highest BCUT2D eigenvalue weighted by atomic mass is 79.9.